The molecule has 1 N–H and O–H groups in total. The van der Waals surface area contributed by atoms with Crippen molar-refractivity contribution in [3.05, 3.63) is 63.6 Å². The molecule has 192 valence electrons. The number of amides is 2. The Labute approximate surface area is 218 Å². The van der Waals surface area contributed by atoms with Gasteiger partial charge in [0.1, 0.15) is 12.6 Å². The van der Waals surface area contributed by atoms with Crippen molar-refractivity contribution in [2.45, 2.75) is 59.2 Å². The van der Waals surface area contributed by atoms with Crippen LogP contribution < -0.4 is 9.62 Å². The van der Waals surface area contributed by atoms with Crippen molar-refractivity contribution in [1.29, 1.82) is 0 Å². The summed E-state index contributed by atoms with van der Waals surface area (Å²) < 4.78 is 26.3. The lowest BCUT2D eigenvalue weighted by atomic mass is 10.1. The lowest BCUT2D eigenvalue weighted by Crippen LogP contribution is -2.53. The number of hydrogen-bond donors (Lipinski definition) is 1. The van der Waals surface area contributed by atoms with Gasteiger partial charge in [-0.05, 0) is 56.0 Å². The van der Waals surface area contributed by atoms with Gasteiger partial charge in [0, 0.05) is 22.6 Å². The first-order valence-corrected chi connectivity index (χ1v) is 14.1. The number of halogens is 2. The van der Waals surface area contributed by atoms with E-state index >= 15 is 0 Å². The molecule has 2 aromatic carbocycles. The van der Waals surface area contributed by atoms with Crippen LogP contribution in [0.25, 0.3) is 0 Å². The third kappa shape index (κ3) is 7.85. The molecule has 7 nitrogen and oxygen atoms in total. The molecule has 2 atom stereocenters. The Bertz CT molecular complexity index is 1160. The fourth-order valence-electron chi connectivity index (χ4n) is 3.52. The van der Waals surface area contributed by atoms with Crippen molar-refractivity contribution in [3.63, 3.8) is 0 Å². The Hall–Kier alpha value is -2.29. The van der Waals surface area contributed by atoms with Crippen molar-refractivity contribution in [2.24, 2.45) is 0 Å². The van der Waals surface area contributed by atoms with Gasteiger partial charge in [0.15, 0.2) is 0 Å². The first kappa shape index (κ1) is 28.9. The van der Waals surface area contributed by atoms with Crippen molar-refractivity contribution in [2.75, 3.05) is 17.1 Å². The van der Waals surface area contributed by atoms with Crippen LogP contribution >= 0.6 is 23.2 Å². The molecule has 0 spiro atoms. The van der Waals surface area contributed by atoms with Gasteiger partial charge in [-0.3, -0.25) is 13.9 Å². The highest BCUT2D eigenvalue weighted by Crippen LogP contribution is 2.26. The number of rotatable bonds is 11. The fourth-order valence-corrected chi connectivity index (χ4v) is 4.73. The molecule has 0 saturated carbocycles. The van der Waals surface area contributed by atoms with Crippen molar-refractivity contribution in [1.82, 2.24) is 10.2 Å². The number of benzene rings is 2. The first-order valence-electron chi connectivity index (χ1n) is 11.5. The maximum absolute atomic E-state index is 13.7. The minimum absolute atomic E-state index is 0.0528. The van der Waals surface area contributed by atoms with E-state index in [1.54, 1.807) is 43.3 Å². The van der Waals surface area contributed by atoms with Crippen molar-refractivity contribution in [3.8, 4) is 0 Å². The molecule has 0 aliphatic heterocycles. The van der Waals surface area contributed by atoms with Gasteiger partial charge in [-0.2, -0.15) is 0 Å². The maximum Gasteiger partial charge on any atom is 0.244 e. The minimum Gasteiger partial charge on any atom is -0.352 e. The fraction of sp³-hybridized carbons (Fsp3) is 0.440. The predicted molar refractivity (Wildman–Crippen MR) is 142 cm³/mol. The summed E-state index contributed by atoms with van der Waals surface area (Å²) in [6.45, 7) is 7.01. The van der Waals surface area contributed by atoms with E-state index in [1.807, 2.05) is 20.8 Å². The molecule has 2 aromatic rings. The summed E-state index contributed by atoms with van der Waals surface area (Å²) in [4.78, 5) is 28.2. The summed E-state index contributed by atoms with van der Waals surface area (Å²) in [5, 5.41) is 3.77. The minimum atomic E-state index is -3.83. The van der Waals surface area contributed by atoms with E-state index in [0.29, 0.717) is 22.0 Å². The molecule has 10 heteroatoms. The summed E-state index contributed by atoms with van der Waals surface area (Å²) in [6.07, 6.45) is 2.10. The van der Waals surface area contributed by atoms with Crippen LogP contribution in [0.15, 0.2) is 42.5 Å². The molecule has 0 saturated heterocycles. The van der Waals surface area contributed by atoms with Crippen LogP contribution in [0, 0.1) is 6.92 Å². The van der Waals surface area contributed by atoms with Gasteiger partial charge in [0.2, 0.25) is 21.8 Å². The number of hydrogen-bond acceptors (Lipinski definition) is 4. The molecular formula is C25H33Cl2N3O4S. The molecule has 0 fully saturated rings. The summed E-state index contributed by atoms with van der Waals surface area (Å²) in [7, 11) is -3.83. The van der Waals surface area contributed by atoms with Gasteiger partial charge in [-0.25, -0.2) is 8.42 Å². The molecule has 0 aromatic heterocycles. The van der Waals surface area contributed by atoms with E-state index in [2.05, 4.69) is 5.32 Å². The van der Waals surface area contributed by atoms with Crippen LogP contribution in [0.3, 0.4) is 0 Å². The zero-order chi connectivity index (χ0) is 26.3. The van der Waals surface area contributed by atoms with Gasteiger partial charge in [-0.1, -0.05) is 61.3 Å². The van der Waals surface area contributed by atoms with Crippen molar-refractivity contribution < 1.29 is 18.0 Å². The largest absolute Gasteiger partial charge is 0.352 e. The Morgan fingerprint density at radius 1 is 1.03 bits per heavy atom. The van der Waals surface area contributed by atoms with Crippen LogP contribution in [0.4, 0.5) is 5.69 Å². The highest BCUT2D eigenvalue weighted by atomic mass is 35.5. The monoisotopic (exact) mass is 541 g/mol. The van der Waals surface area contributed by atoms with Crippen LogP contribution in [0.5, 0.6) is 0 Å². The van der Waals surface area contributed by atoms with Gasteiger partial charge in [0.25, 0.3) is 0 Å². The number of carbonyl (C=O) groups excluding carboxylic acids is 2. The third-order valence-electron chi connectivity index (χ3n) is 5.81. The molecule has 35 heavy (non-hydrogen) atoms. The smallest absolute Gasteiger partial charge is 0.244 e. The second-order valence-electron chi connectivity index (χ2n) is 8.56. The van der Waals surface area contributed by atoms with Crippen molar-refractivity contribution >= 4 is 50.7 Å². The van der Waals surface area contributed by atoms with Gasteiger partial charge < -0.3 is 10.2 Å². The number of carbonyl (C=O) groups is 2. The van der Waals surface area contributed by atoms with Crippen LogP contribution in [0.2, 0.25) is 10.0 Å². The number of nitrogens with one attached hydrogen (secondary N) is 1. The summed E-state index contributed by atoms with van der Waals surface area (Å²) >= 11 is 12.6. The molecule has 2 rings (SSSR count). The third-order valence-corrected chi connectivity index (χ3v) is 7.72. The van der Waals surface area contributed by atoms with E-state index in [1.165, 1.54) is 11.0 Å². The number of aryl methyl sites for hydroxylation is 1. The Morgan fingerprint density at radius 3 is 2.23 bits per heavy atom. The lowest BCUT2D eigenvalue weighted by molar-refractivity contribution is -0.140. The molecule has 0 aliphatic rings. The first-order chi connectivity index (χ1) is 16.4. The summed E-state index contributed by atoms with van der Waals surface area (Å²) in [5.74, 6) is -0.829. The molecule has 0 heterocycles. The molecular weight excluding hydrogens is 509 g/mol. The maximum atomic E-state index is 13.7. The average Bonchev–Trinajstić information content (AvgIpc) is 2.79. The lowest BCUT2D eigenvalue weighted by Gasteiger charge is -2.33. The number of nitrogens with zero attached hydrogens (tertiary/aromatic N) is 2. The molecule has 0 radical (unpaired) electrons. The highest BCUT2D eigenvalue weighted by molar-refractivity contribution is 7.92. The molecule has 0 aliphatic carbocycles. The SMILES string of the molecule is CC[C@@H](C)NC(=O)[C@@H](CC)N(Cc1ccccc1Cl)C(=O)CN(c1ccc(C)c(Cl)c1)S(C)(=O)=O. The van der Waals surface area contributed by atoms with Gasteiger partial charge in [-0.15, -0.1) is 0 Å². The quantitative estimate of drug-likeness (QED) is 0.443. The Balaban J connectivity index is 2.47. The standard InChI is InChI=1S/C25H33Cl2N3O4S/c1-6-18(4)28-25(32)23(7-2)29(15-19-10-8-9-11-21(19)26)24(31)16-30(35(5,33)34)20-13-12-17(3)22(27)14-20/h8-14,18,23H,6-7,15-16H2,1-5H3,(H,28,32)/t18-,23-/m1/s1. The normalized spacial score (nSPS) is 13.1. The van der Waals surface area contributed by atoms with Gasteiger partial charge in [0.05, 0.1) is 11.9 Å². The number of sulfonamides is 1. The van der Waals surface area contributed by atoms with Crippen LogP contribution in [0.1, 0.15) is 44.7 Å². The molecule has 0 unspecified atom stereocenters. The van der Waals surface area contributed by atoms with E-state index in [4.69, 9.17) is 23.2 Å². The molecule has 0 bridgehead atoms. The average molecular weight is 543 g/mol. The zero-order valence-electron chi connectivity index (χ0n) is 20.7. The Kier molecular flexibility index (Phi) is 10.4. The second kappa shape index (κ2) is 12.6. The predicted octanol–water partition coefficient (Wildman–Crippen LogP) is 4.79. The summed E-state index contributed by atoms with van der Waals surface area (Å²) in [6, 6.07) is 11.0. The van der Waals surface area contributed by atoms with E-state index in [9.17, 15) is 18.0 Å². The van der Waals surface area contributed by atoms with Crippen LogP contribution in [-0.4, -0.2) is 50.0 Å². The summed E-state index contributed by atoms with van der Waals surface area (Å²) in [5.41, 5.74) is 1.70. The van der Waals surface area contributed by atoms with Gasteiger partial charge >= 0.3 is 0 Å². The molecule has 2 amide bonds. The Morgan fingerprint density at radius 2 is 1.69 bits per heavy atom. The van der Waals surface area contributed by atoms with E-state index in [-0.39, 0.29) is 24.2 Å². The number of anilines is 1. The zero-order valence-corrected chi connectivity index (χ0v) is 23.0. The van der Waals surface area contributed by atoms with E-state index in [0.717, 1.165) is 22.5 Å². The highest BCUT2D eigenvalue weighted by Gasteiger charge is 2.32. The second-order valence-corrected chi connectivity index (χ2v) is 11.3. The van der Waals surface area contributed by atoms with Crippen LogP contribution in [-0.2, 0) is 26.2 Å². The van der Waals surface area contributed by atoms with E-state index < -0.39 is 28.5 Å². The topological polar surface area (TPSA) is 86.8 Å².